The summed E-state index contributed by atoms with van der Waals surface area (Å²) in [6.45, 7) is 6.56. The summed E-state index contributed by atoms with van der Waals surface area (Å²) in [6.07, 6.45) is 0.884. The fourth-order valence-electron chi connectivity index (χ4n) is 1.84. The Hall–Kier alpha value is -0.770. The predicted molar refractivity (Wildman–Crippen MR) is 83.2 cm³/mol. The van der Waals surface area contributed by atoms with Crippen LogP contribution in [0, 0.1) is 12.8 Å². The van der Waals surface area contributed by atoms with E-state index < -0.39 is 0 Å². The first kappa shape index (κ1) is 18.2. The van der Waals surface area contributed by atoms with Crippen molar-refractivity contribution in [2.45, 2.75) is 33.2 Å². The van der Waals surface area contributed by atoms with Gasteiger partial charge in [-0.15, -0.1) is 12.4 Å². The molecule has 0 heterocycles. The van der Waals surface area contributed by atoms with Gasteiger partial charge >= 0.3 is 0 Å². The van der Waals surface area contributed by atoms with E-state index in [1.807, 2.05) is 6.92 Å². The van der Waals surface area contributed by atoms with Crippen molar-refractivity contribution in [2.24, 2.45) is 11.7 Å². The second kappa shape index (κ2) is 8.41. The van der Waals surface area contributed by atoms with Crippen molar-refractivity contribution in [2.75, 3.05) is 6.54 Å². The molecule has 0 radical (unpaired) electrons. The van der Waals surface area contributed by atoms with E-state index in [4.69, 9.17) is 17.3 Å². The average Bonchev–Trinajstić information content (AvgIpc) is 2.31. The number of hydrogen-bond donors (Lipinski definition) is 2. The molecule has 19 heavy (non-hydrogen) atoms. The van der Waals surface area contributed by atoms with E-state index in [0.29, 0.717) is 23.0 Å². The molecule has 108 valence electrons. The fraction of sp³-hybridized carbons (Fsp3) is 0.500. The molecular formula is C14H22Cl2N2O. The normalized spacial score (nSPS) is 11.9. The van der Waals surface area contributed by atoms with Gasteiger partial charge in [0.2, 0.25) is 0 Å². The number of carbonyl (C=O) groups is 1. The molecule has 1 unspecified atom stereocenters. The monoisotopic (exact) mass is 304 g/mol. The lowest BCUT2D eigenvalue weighted by atomic mass is 10.0. The predicted octanol–water partition coefficient (Wildman–Crippen LogP) is 3.17. The molecule has 5 heteroatoms. The maximum Gasteiger partial charge on any atom is 0.251 e. The minimum atomic E-state index is -0.0918. The minimum absolute atomic E-state index is 0. The van der Waals surface area contributed by atoms with Crippen LogP contribution in [0.15, 0.2) is 18.2 Å². The van der Waals surface area contributed by atoms with Crippen molar-refractivity contribution in [3.8, 4) is 0 Å². The van der Waals surface area contributed by atoms with Crippen LogP contribution in [0.3, 0.4) is 0 Å². The van der Waals surface area contributed by atoms with Crippen molar-refractivity contribution >= 4 is 29.9 Å². The third-order valence-electron chi connectivity index (χ3n) is 2.80. The summed E-state index contributed by atoms with van der Waals surface area (Å²) >= 11 is 5.94. The van der Waals surface area contributed by atoms with E-state index in [9.17, 15) is 4.79 Å². The van der Waals surface area contributed by atoms with Crippen molar-refractivity contribution < 1.29 is 4.79 Å². The van der Waals surface area contributed by atoms with E-state index in [1.54, 1.807) is 18.2 Å². The molecule has 3 nitrogen and oxygen atoms in total. The van der Waals surface area contributed by atoms with Gasteiger partial charge in [0.05, 0.1) is 0 Å². The van der Waals surface area contributed by atoms with Gasteiger partial charge in [0, 0.05) is 23.2 Å². The minimum Gasteiger partial charge on any atom is -0.348 e. The first-order valence-electron chi connectivity index (χ1n) is 6.21. The van der Waals surface area contributed by atoms with Gasteiger partial charge in [-0.1, -0.05) is 25.4 Å². The van der Waals surface area contributed by atoms with Gasteiger partial charge in [-0.3, -0.25) is 4.79 Å². The van der Waals surface area contributed by atoms with E-state index in [1.165, 1.54) is 0 Å². The van der Waals surface area contributed by atoms with Crippen molar-refractivity contribution in [3.63, 3.8) is 0 Å². The largest absolute Gasteiger partial charge is 0.348 e. The molecule has 0 bridgehead atoms. The molecule has 0 fully saturated rings. The number of nitrogens with one attached hydrogen (secondary N) is 1. The van der Waals surface area contributed by atoms with Crippen LogP contribution in [0.4, 0.5) is 0 Å². The van der Waals surface area contributed by atoms with Crippen LogP contribution in [0.1, 0.15) is 36.2 Å². The Morgan fingerprint density at radius 2 is 2.05 bits per heavy atom. The molecule has 0 saturated carbocycles. The Morgan fingerprint density at radius 3 is 2.53 bits per heavy atom. The van der Waals surface area contributed by atoms with Gasteiger partial charge in [0.15, 0.2) is 0 Å². The zero-order valence-electron chi connectivity index (χ0n) is 11.6. The second-order valence-corrected chi connectivity index (χ2v) is 5.41. The zero-order valence-corrected chi connectivity index (χ0v) is 13.1. The molecule has 0 saturated heterocycles. The molecule has 0 spiro atoms. The Balaban J connectivity index is 0.00000324. The van der Waals surface area contributed by atoms with Crippen LogP contribution in [-0.2, 0) is 0 Å². The maximum atomic E-state index is 12.0. The van der Waals surface area contributed by atoms with Crippen molar-refractivity contribution in [3.05, 3.63) is 34.3 Å². The van der Waals surface area contributed by atoms with Gasteiger partial charge in [0.25, 0.3) is 5.91 Å². The number of aryl methyl sites for hydroxylation is 1. The number of rotatable bonds is 5. The van der Waals surface area contributed by atoms with Crippen LogP contribution >= 0.6 is 24.0 Å². The summed E-state index contributed by atoms with van der Waals surface area (Å²) in [7, 11) is 0. The molecular weight excluding hydrogens is 283 g/mol. The number of amides is 1. The summed E-state index contributed by atoms with van der Waals surface area (Å²) in [5.74, 6) is 0.414. The van der Waals surface area contributed by atoms with E-state index in [0.717, 1.165) is 12.0 Å². The van der Waals surface area contributed by atoms with Gasteiger partial charge in [-0.2, -0.15) is 0 Å². The highest BCUT2D eigenvalue weighted by Gasteiger charge is 2.14. The third-order valence-corrected chi connectivity index (χ3v) is 3.22. The van der Waals surface area contributed by atoms with Gasteiger partial charge in [-0.05, 0) is 43.0 Å². The van der Waals surface area contributed by atoms with Crippen LogP contribution < -0.4 is 11.1 Å². The number of hydrogen-bond acceptors (Lipinski definition) is 2. The number of nitrogens with two attached hydrogens (primary N) is 1. The third kappa shape index (κ3) is 5.81. The molecule has 0 aromatic heterocycles. The lowest BCUT2D eigenvalue weighted by molar-refractivity contribution is 0.0933. The standard InChI is InChI=1S/C14H21ClN2O.ClH/c1-9(2)6-12(8-16)17-14(18)11-4-5-13(15)10(3)7-11;/h4-5,7,9,12H,6,8,16H2,1-3H3,(H,17,18);1H. The lowest BCUT2D eigenvalue weighted by Gasteiger charge is -2.19. The Kier molecular flexibility index (Phi) is 8.07. The second-order valence-electron chi connectivity index (χ2n) is 5.00. The van der Waals surface area contributed by atoms with Gasteiger partial charge < -0.3 is 11.1 Å². The lowest BCUT2D eigenvalue weighted by Crippen LogP contribution is -2.41. The first-order valence-corrected chi connectivity index (χ1v) is 6.59. The Labute approximate surface area is 126 Å². The fourth-order valence-corrected chi connectivity index (χ4v) is 1.96. The summed E-state index contributed by atoms with van der Waals surface area (Å²) < 4.78 is 0. The van der Waals surface area contributed by atoms with Gasteiger partial charge in [0.1, 0.15) is 0 Å². The topological polar surface area (TPSA) is 55.1 Å². The zero-order chi connectivity index (χ0) is 13.7. The molecule has 0 aliphatic carbocycles. The van der Waals surface area contributed by atoms with Crippen LogP contribution in [0.5, 0.6) is 0 Å². The maximum absolute atomic E-state index is 12.0. The average molecular weight is 305 g/mol. The summed E-state index contributed by atoms with van der Waals surface area (Å²) in [4.78, 5) is 12.0. The van der Waals surface area contributed by atoms with E-state index >= 15 is 0 Å². The van der Waals surface area contributed by atoms with Crippen molar-refractivity contribution in [1.29, 1.82) is 0 Å². The summed E-state index contributed by atoms with van der Waals surface area (Å²) in [5.41, 5.74) is 7.19. The molecule has 1 atom stereocenters. The van der Waals surface area contributed by atoms with Crippen LogP contribution in [0.2, 0.25) is 5.02 Å². The van der Waals surface area contributed by atoms with Crippen molar-refractivity contribution in [1.82, 2.24) is 5.32 Å². The Bertz CT molecular complexity index is 422. The summed E-state index contributed by atoms with van der Waals surface area (Å²) in [5, 5.41) is 3.62. The van der Waals surface area contributed by atoms with Crippen LogP contribution in [-0.4, -0.2) is 18.5 Å². The molecule has 0 aliphatic rings. The summed E-state index contributed by atoms with van der Waals surface area (Å²) in [6, 6.07) is 5.29. The van der Waals surface area contributed by atoms with Gasteiger partial charge in [-0.25, -0.2) is 0 Å². The molecule has 1 aromatic rings. The highest BCUT2D eigenvalue weighted by atomic mass is 35.5. The quantitative estimate of drug-likeness (QED) is 0.878. The molecule has 1 aromatic carbocycles. The smallest absolute Gasteiger partial charge is 0.251 e. The van der Waals surface area contributed by atoms with E-state index in [2.05, 4.69) is 19.2 Å². The number of carbonyl (C=O) groups excluding carboxylic acids is 1. The molecule has 3 N–H and O–H groups in total. The number of halogens is 2. The Morgan fingerprint density at radius 1 is 1.42 bits per heavy atom. The first-order chi connectivity index (χ1) is 8.43. The molecule has 0 aliphatic heterocycles. The SMILES string of the molecule is Cc1cc(C(=O)NC(CN)CC(C)C)ccc1Cl.Cl. The van der Waals surface area contributed by atoms with E-state index in [-0.39, 0.29) is 24.4 Å². The van der Waals surface area contributed by atoms with Crippen LogP contribution in [0.25, 0.3) is 0 Å². The molecule has 1 amide bonds. The molecule has 1 rings (SSSR count). The number of benzene rings is 1. The highest BCUT2D eigenvalue weighted by Crippen LogP contribution is 2.16. The highest BCUT2D eigenvalue weighted by molar-refractivity contribution is 6.31.